The van der Waals surface area contributed by atoms with Crippen LogP contribution in [0.5, 0.6) is 0 Å². The van der Waals surface area contributed by atoms with E-state index in [4.69, 9.17) is 4.74 Å². The number of likely N-dealkylation sites (tertiary alicyclic amines) is 1. The largest absolute Gasteiger partial charge is 0.481 e. The number of carbonyl (C=O) groups excluding carboxylic acids is 1. The molecule has 2 aliphatic rings. The number of carboxylic acids is 1. The Kier molecular flexibility index (Phi) is 4.05. The van der Waals surface area contributed by atoms with E-state index in [-0.39, 0.29) is 18.5 Å². The topological polar surface area (TPSA) is 91.8 Å². The predicted octanol–water partition coefficient (Wildman–Crippen LogP) is 2.01. The van der Waals surface area contributed by atoms with Crippen molar-refractivity contribution in [2.24, 2.45) is 11.3 Å². The van der Waals surface area contributed by atoms with Crippen LogP contribution in [-0.4, -0.2) is 47.2 Å². The van der Waals surface area contributed by atoms with Crippen LogP contribution in [0.15, 0.2) is 5.38 Å². The summed E-state index contributed by atoms with van der Waals surface area (Å²) in [6.07, 6.45) is 2.47. The highest BCUT2D eigenvalue weighted by molar-refractivity contribution is 7.13. The third kappa shape index (κ3) is 2.56. The van der Waals surface area contributed by atoms with Gasteiger partial charge in [-0.25, -0.2) is 9.78 Å². The molecular weight excluding hydrogens is 306 g/mol. The van der Waals surface area contributed by atoms with Crippen LogP contribution in [0.4, 0.5) is 9.93 Å². The quantitative estimate of drug-likeness (QED) is 0.883. The molecule has 120 valence electrons. The fourth-order valence-electron chi connectivity index (χ4n) is 3.54. The Labute approximate surface area is 132 Å². The number of anilines is 1. The molecule has 1 saturated carbocycles. The standard InChI is InChI=1S/C14H19N3O4S/c1-21-6-10-7-22-12(15-10)16-13(20)17-5-9-3-2-4-14(9,8-17)11(18)19/h7,9H,2-6,8H2,1H3,(H,18,19)(H,15,16,20)/t9-,14+/m0/s1. The molecule has 1 aromatic heterocycles. The van der Waals surface area contributed by atoms with Crippen molar-refractivity contribution in [3.05, 3.63) is 11.1 Å². The van der Waals surface area contributed by atoms with E-state index in [0.29, 0.717) is 24.7 Å². The van der Waals surface area contributed by atoms with Gasteiger partial charge in [0.1, 0.15) is 0 Å². The minimum atomic E-state index is -0.776. The molecule has 1 aliphatic carbocycles. The number of carboxylic acid groups (broad SMARTS) is 1. The molecule has 1 aliphatic heterocycles. The second-order valence-electron chi connectivity index (χ2n) is 5.94. The van der Waals surface area contributed by atoms with Crippen molar-refractivity contribution in [2.75, 3.05) is 25.5 Å². The number of ether oxygens (including phenoxy) is 1. The van der Waals surface area contributed by atoms with Gasteiger partial charge in [0.05, 0.1) is 17.7 Å². The van der Waals surface area contributed by atoms with Gasteiger partial charge in [0.25, 0.3) is 0 Å². The van der Waals surface area contributed by atoms with Crippen molar-refractivity contribution in [1.29, 1.82) is 0 Å². The molecule has 2 amide bonds. The molecule has 0 aromatic carbocycles. The van der Waals surface area contributed by atoms with Crippen LogP contribution in [0.2, 0.25) is 0 Å². The van der Waals surface area contributed by atoms with Gasteiger partial charge in [0, 0.05) is 25.6 Å². The predicted molar refractivity (Wildman–Crippen MR) is 80.8 cm³/mol. The molecule has 8 heteroatoms. The van der Waals surface area contributed by atoms with Crippen LogP contribution in [0.3, 0.4) is 0 Å². The summed E-state index contributed by atoms with van der Waals surface area (Å²) in [6, 6.07) is -0.270. The molecular formula is C14H19N3O4S. The zero-order valence-electron chi connectivity index (χ0n) is 12.4. The lowest BCUT2D eigenvalue weighted by Crippen LogP contribution is -2.38. The van der Waals surface area contributed by atoms with E-state index >= 15 is 0 Å². The van der Waals surface area contributed by atoms with Crippen molar-refractivity contribution in [3.63, 3.8) is 0 Å². The number of urea groups is 1. The average molecular weight is 325 g/mol. The first-order valence-electron chi connectivity index (χ1n) is 7.28. The first-order chi connectivity index (χ1) is 10.5. The second-order valence-corrected chi connectivity index (χ2v) is 6.80. The first-order valence-corrected chi connectivity index (χ1v) is 8.16. The number of carbonyl (C=O) groups is 2. The number of fused-ring (bicyclic) bond motifs is 1. The highest BCUT2D eigenvalue weighted by Crippen LogP contribution is 2.48. The molecule has 22 heavy (non-hydrogen) atoms. The van der Waals surface area contributed by atoms with Crippen LogP contribution in [0.1, 0.15) is 25.0 Å². The molecule has 0 radical (unpaired) electrons. The van der Waals surface area contributed by atoms with Gasteiger partial charge in [-0.05, 0) is 18.8 Å². The molecule has 2 atom stereocenters. The summed E-state index contributed by atoms with van der Waals surface area (Å²) >= 11 is 1.34. The second kappa shape index (κ2) is 5.85. The Morgan fingerprint density at radius 2 is 2.45 bits per heavy atom. The lowest BCUT2D eigenvalue weighted by atomic mass is 9.81. The molecule has 0 unspecified atom stereocenters. The van der Waals surface area contributed by atoms with E-state index in [9.17, 15) is 14.7 Å². The summed E-state index contributed by atoms with van der Waals surface area (Å²) in [5.41, 5.74) is 0.0182. The first kappa shape index (κ1) is 15.2. The number of aliphatic carboxylic acids is 1. The van der Waals surface area contributed by atoms with E-state index in [0.717, 1.165) is 18.5 Å². The number of aromatic nitrogens is 1. The molecule has 1 saturated heterocycles. The molecule has 0 spiro atoms. The summed E-state index contributed by atoms with van der Waals surface area (Å²) in [4.78, 5) is 29.8. The van der Waals surface area contributed by atoms with Gasteiger partial charge in [0.15, 0.2) is 5.13 Å². The summed E-state index contributed by atoms with van der Waals surface area (Å²) in [7, 11) is 1.59. The molecule has 0 bridgehead atoms. The van der Waals surface area contributed by atoms with Gasteiger partial charge in [-0.15, -0.1) is 11.3 Å². The number of hydrogen-bond acceptors (Lipinski definition) is 5. The molecule has 2 fully saturated rings. The van der Waals surface area contributed by atoms with Crippen molar-refractivity contribution in [2.45, 2.75) is 25.9 Å². The molecule has 7 nitrogen and oxygen atoms in total. The van der Waals surface area contributed by atoms with Crippen LogP contribution >= 0.6 is 11.3 Å². The zero-order chi connectivity index (χ0) is 15.7. The zero-order valence-corrected chi connectivity index (χ0v) is 13.2. The SMILES string of the molecule is COCc1csc(NC(=O)N2C[C@@H]3CCC[C@@]3(C(=O)O)C2)n1. The molecule has 1 aromatic rings. The Morgan fingerprint density at radius 1 is 1.64 bits per heavy atom. The van der Waals surface area contributed by atoms with Crippen LogP contribution < -0.4 is 5.32 Å². The Balaban J connectivity index is 1.65. The van der Waals surface area contributed by atoms with E-state index in [1.54, 1.807) is 12.0 Å². The number of nitrogens with zero attached hydrogens (tertiary/aromatic N) is 2. The maximum Gasteiger partial charge on any atom is 0.323 e. The number of thiazole rings is 1. The number of hydrogen-bond donors (Lipinski definition) is 2. The average Bonchev–Trinajstić information content (AvgIpc) is 3.12. The lowest BCUT2D eigenvalue weighted by molar-refractivity contribution is -0.149. The normalized spacial score (nSPS) is 27.0. The Morgan fingerprint density at radius 3 is 3.14 bits per heavy atom. The van der Waals surface area contributed by atoms with Gasteiger partial charge in [-0.2, -0.15) is 0 Å². The van der Waals surface area contributed by atoms with Gasteiger partial charge < -0.3 is 14.7 Å². The summed E-state index contributed by atoms with van der Waals surface area (Å²) < 4.78 is 4.99. The number of nitrogens with one attached hydrogen (secondary N) is 1. The maximum atomic E-state index is 12.3. The number of amides is 2. The molecule has 2 heterocycles. The van der Waals surface area contributed by atoms with E-state index in [1.165, 1.54) is 11.3 Å². The van der Waals surface area contributed by atoms with Gasteiger partial charge in [-0.3, -0.25) is 10.1 Å². The van der Waals surface area contributed by atoms with Crippen molar-refractivity contribution >= 4 is 28.5 Å². The summed E-state index contributed by atoms with van der Waals surface area (Å²) in [5.74, 6) is -0.710. The Hall–Kier alpha value is -1.67. The van der Waals surface area contributed by atoms with Crippen LogP contribution in [0.25, 0.3) is 0 Å². The number of rotatable bonds is 4. The molecule has 2 N–H and O–H groups in total. The van der Waals surface area contributed by atoms with Crippen molar-refractivity contribution in [3.8, 4) is 0 Å². The maximum absolute atomic E-state index is 12.3. The molecule has 3 rings (SSSR count). The Bertz CT molecular complexity index is 590. The third-order valence-corrected chi connectivity index (χ3v) is 5.45. The van der Waals surface area contributed by atoms with E-state index in [2.05, 4.69) is 10.3 Å². The van der Waals surface area contributed by atoms with Gasteiger partial charge >= 0.3 is 12.0 Å². The van der Waals surface area contributed by atoms with E-state index in [1.807, 2.05) is 5.38 Å². The summed E-state index contributed by atoms with van der Waals surface area (Å²) in [5, 5.41) is 14.6. The fraction of sp³-hybridized carbons (Fsp3) is 0.643. The third-order valence-electron chi connectivity index (χ3n) is 4.64. The summed E-state index contributed by atoms with van der Waals surface area (Å²) in [6.45, 7) is 1.20. The van der Waals surface area contributed by atoms with Crippen LogP contribution in [0, 0.1) is 11.3 Å². The fourth-order valence-corrected chi connectivity index (χ4v) is 4.23. The monoisotopic (exact) mass is 325 g/mol. The number of methoxy groups -OCH3 is 1. The van der Waals surface area contributed by atoms with Crippen molar-refractivity contribution in [1.82, 2.24) is 9.88 Å². The highest BCUT2D eigenvalue weighted by Gasteiger charge is 2.55. The van der Waals surface area contributed by atoms with Crippen molar-refractivity contribution < 1.29 is 19.4 Å². The minimum Gasteiger partial charge on any atom is -0.481 e. The minimum absolute atomic E-state index is 0.0658. The lowest BCUT2D eigenvalue weighted by Gasteiger charge is -2.23. The van der Waals surface area contributed by atoms with Gasteiger partial charge in [0.2, 0.25) is 0 Å². The highest BCUT2D eigenvalue weighted by atomic mass is 32.1. The smallest absolute Gasteiger partial charge is 0.323 e. The van der Waals surface area contributed by atoms with E-state index < -0.39 is 11.4 Å². The van der Waals surface area contributed by atoms with Crippen LogP contribution in [-0.2, 0) is 16.1 Å². The van der Waals surface area contributed by atoms with Gasteiger partial charge in [-0.1, -0.05) is 6.42 Å².